The van der Waals surface area contributed by atoms with Crippen LogP contribution >= 0.6 is 11.3 Å². The summed E-state index contributed by atoms with van der Waals surface area (Å²) in [6, 6.07) is -1.35. The largest absolute Gasteiger partial charge is 0.480 e. The third-order valence-corrected chi connectivity index (χ3v) is 2.99. The number of carbonyl (C=O) groups excluding carboxylic acids is 1. The number of carboxylic acid groups (broad SMARTS) is 1. The first-order chi connectivity index (χ1) is 8.02. The maximum absolute atomic E-state index is 11.4. The number of carbonyl (C=O) groups is 2. The predicted molar refractivity (Wildman–Crippen MR) is 63.9 cm³/mol. The molecule has 0 aromatic carbocycles. The topological polar surface area (TPSA) is 91.3 Å². The monoisotopic (exact) mass is 257 g/mol. The van der Waals surface area contributed by atoms with Crippen molar-refractivity contribution >= 4 is 23.3 Å². The molecule has 0 unspecified atom stereocenters. The van der Waals surface area contributed by atoms with Crippen molar-refractivity contribution in [1.29, 1.82) is 0 Å². The van der Waals surface area contributed by atoms with Crippen LogP contribution in [0, 0.1) is 6.92 Å². The second kappa shape index (κ2) is 6.19. The number of aromatic nitrogens is 1. The lowest BCUT2D eigenvalue weighted by Gasteiger charge is -2.12. The number of carboxylic acids is 1. The number of thiazole rings is 1. The molecule has 94 valence electrons. The Kier molecular flexibility index (Phi) is 4.89. The van der Waals surface area contributed by atoms with Crippen LogP contribution in [0.4, 0.5) is 4.79 Å². The summed E-state index contributed by atoms with van der Waals surface area (Å²) in [5, 5.41) is 14.5. The molecule has 1 heterocycles. The Morgan fingerprint density at radius 1 is 1.59 bits per heavy atom. The lowest BCUT2D eigenvalue weighted by Crippen LogP contribution is -2.45. The number of nitrogens with one attached hydrogen (secondary N) is 2. The van der Waals surface area contributed by atoms with Gasteiger partial charge in [-0.1, -0.05) is 6.92 Å². The fraction of sp³-hybridized carbons (Fsp3) is 0.500. The van der Waals surface area contributed by atoms with Crippen LogP contribution in [0.3, 0.4) is 0 Å². The minimum atomic E-state index is -1.03. The molecule has 0 bridgehead atoms. The van der Waals surface area contributed by atoms with Gasteiger partial charge in [0.25, 0.3) is 0 Å². The summed E-state index contributed by atoms with van der Waals surface area (Å²) in [5.41, 5.74) is 0. The van der Waals surface area contributed by atoms with Crippen molar-refractivity contribution in [3.8, 4) is 0 Å². The Bertz CT molecular complexity index is 405. The molecule has 6 nitrogen and oxygen atoms in total. The van der Waals surface area contributed by atoms with E-state index in [-0.39, 0.29) is 0 Å². The fourth-order valence-corrected chi connectivity index (χ4v) is 1.91. The van der Waals surface area contributed by atoms with Crippen LogP contribution in [-0.2, 0) is 11.3 Å². The minimum absolute atomic E-state index is 0.306. The summed E-state index contributed by atoms with van der Waals surface area (Å²) in [7, 11) is 0. The standard InChI is InChI=1S/C10H15N3O3S/c1-3-7(9(14)15)13-10(16)12-5-8-11-4-6(2)17-8/h4,7H,3,5H2,1-2H3,(H,14,15)(H2,12,13,16)/t7-/m0/s1. The SMILES string of the molecule is CC[C@H](NC(=O)NCc1ncc(C)s1)C(=O)O. The maximum atomic E-state index is 11.4. The number of nitrogens with zero attached hydrogens (tertiary/aromatic N) is 1. The Hall–Kier alpha value is -1.63. The van der Waals surface area contributed by atoms with Gasteiger partial charge < -0.3 is 15.7 Å². The van der Waals surface area contributed by atoms with E-state index in [1.165, 1.54) is 11.3 Å². The van der Waals surface area contributed by atoms with Crippen LogP contribution in [0.2, 0.25) is 0 Å². The highest BCUT2D eigenvalue weighted by Crippen LogP contribution is 2.10. The van der Waals surface area contributed by atoms with Crippen molar-refractivity contribution in [3.63, 3.8) is 0 Å². The lowest BCUT2D eigenvalue weighted by molar-refractivity contribution is -0.139. The molecule has 0 saturated heterocycles. The molecular weight excluding hydrogens is 242 g/mol. The molecular formula is C10H15N3O3S. The first-order valence-corrected chi connectivity index (χ1v) is 6.03. The highest BCUT2D eigenvalue weighted by molar-refractivity contribution is 7.11. The first kappa shape index (κ1) is 13.4. The van der Waals surface area contributed by atoms with E-state index in [0.717, 1.165) is 9.88 Å². The van der Waals surface area contributed by atoms with Crippen molar-refractivity contribution in [1.82, 2.24) is 15.6 Å². The Balaban J connectivity index is 2.37. The van der Waals surface area contributed by atoms with Crippen molar-refractivity contribution in [2.75, 3.05) is 0 Å². The minimum Gasteiger partial charge on any atom is -0.480 e. The van der Waals surface area contributed by atoms with Crippen molar-refractivity contribution in [3.05, 3.63) is 16.1 Å². The van der Waals surface area contributed by atoms with E-state index >= 15 is 0 Å². The molecule has 1 rings (SSSR count). The van der Waals surface area contributed by atoms with Crippen LogP contribution in [0.5, 0.6) is 0 Å². The molecule has 0 saturated carbocycles. The average molecular weight is 257 g/mol. The fourth-order valence-electron chi connectivity index (χ4n) is 1.19. The number of hydrogen-bond donors (Lipinski definition) is 3. The van der Waals surface area contributed by atoms with Gasteiger partial charge in [0.2, 0.25) is 0 Å². The number of urea groups is 1. The van der Waals surface area contributed by atoms with Gasteiger partial charge in [-0.3, -0.25) is 0 Å². The molecule has 1 atom stereocenters. The molecule has 17 heavy (non-hydrogen) atoms. The van der Waals surface area contributed by atoms with E-state index in [4.69, 9.17) is 5.11 Å². The third-order valence-electron chi connectivity index (χ3n) is 2.08. The van der Waals surface area contributed by atoms with Gasteiger partial charge in [0.05, 0.1) is 6.54 Å². The summed E-state index contributed by atoms with van der Waals surface area (Å²) < 4.78 is 0. The molecule has 0 radical (unpaired) electrons. The molecule has 1 aromatic rings. The second-order valence-corrected chi connectivity index (χ2v) is 4.81. The van der Waals surface area contributed by atoms with Crippen LogP contribution in [0.15, 0.2) is 6.20 Å². The van der Waals surface area contributed by atoms with E-state index in [1.807, 2.05) is 6.92 Å². The Morgan fingerprint density at radius 3 is 2.76 bits per heavy atom. The summed E-state index contributed by atoms with van der Waals surface area (Å²) in [4.78, 5) is 27.2. The van der Waals surface area contributed by atoms with Crippen molar-refractivity contribution in [2.24, 2.45) is 0 Å². The van der Waals surface area contributed by atoms with Gasteiger partial charge in [-0.25, -0.2) is 14.6 Å². The van der Waals surface area contributed by atoms with E-state index in [2.05, 4.69) is 15.6 Å². The zero-order valence-corrected chi connectivity index (χ0v) is 10.5. The van der Waals surface area contributed by atoms with Gasteiger partial charge in [-0.2, -0.15) is 0 Å². The van der Waals surface area contributed by atoms with Gasteiger partial charge in [0.15, 0.2) is 0 Å². The Morgan fingerprint density at radius 2 is 2.29 bits per heavy atom. The summed E-state index contributed by atoms with van der Waals surface area (Å²) in [6.45, 7) is 3.93. The number of rotatable bonds is 5. The second-order valence-electron chi connectivity index (χ2n) is 3.49. The molecule has 2 amide bonds. The zero-order chi connectivity index (χ0) is 12.8. The maximum Gasteiger partial charge on any atom is 0.326 e. The van der Waals surface area contributed by atoms with E-state index in [0.29, 0.717) is 13.0 Å². The van der Waals surface area contributed by atoms with E-state index in [1.54, 1.807) is 13.1 Å². The van der Waals surface area contributed by atoms with Gasteiger partial charge in [0.1, 0.15) is 11.0 Å². The third kappa shape index (κ3) is 4.39. The average Bonchev–Trinajstić information content (AvgIpc) is 2.68. The number of aliphatic carboxylic acids is 1. The highest BCUT2D eigenvalue weighted by atomic mass is 32.1. The van der Waals surface area contributed by atoms with Crippen molar-refractivity contribution in [2.45, 2.75) is 32.9 Å². The highest BCUT2D eigenvalue weighted by Gasteiger charge is 2.17. The molecule has 0 spiro atoms. The molecule has 0 aliphatic carbocycles. The molecule has 3 N–H and O–H groups in total. The van der Waals surface area contributed by atoms with Gasteiger partial charge in [-0.05, 0) is 13.3 Å². The molecule has 7 heteroatoms. The van der Waals surface area contributed by atoms with Crippen molar-refractivity contribution < 1.29 is 14.7 Å². The molecule has 0 aliphatic rings. The summed E-state index contributed by atoms with van der Waals surface area (Å²) in [6.07, 6.45) is 2.07. The Labute approximate surface area is 103 Å². The molecule has 0 aliphatic heterocycles. The number of hydrogen-bond acceptors (Lipinski definition) is 4. The zero-order valence-electron chi connectivity index (χ0n) is 9.69. The molecule has 0 fully saturated rings. The van der Waals surface area contributed by atoms with Crippen LogP contribution in [0.25, 0.3) is 0 Å². The predicted octanol–water partition coefficient (Wildman–Crippen LogP) is 1.11. The quantitative estimate of drug-likeness (QED) is 0.737. The van der Waals surface area contributed by atoms with Crippen LogP contribution < -0.4 is 10.6 Å². The van der Waals surface area contributed by atoms with Gasteiger partial charge in [-0.15, -0.1) is 11.3 Å². The van der Waals surface area contributed by atoms with E-state index in [9.17, 15) is 9.59 Å². The summed E-state index contributed by atoms with van der Waals surface area (Å²) >= 11 is 1.49. The van der Waals surface area contributed by atoms with Gasteiger partial charge >= 0.3 is 12.0 Å². The molecule has 1 aromatic heterocycles. The number of aryl methyl sites for hydroxylation is 1. The van der Waals surface area contributed by atoms with Crippen LogP contribution in [0.1, 0.15) is 23.2 Å². The van der Waals surface area contributed by atoms with E-state index < -0.39 is 18.0 Å². The van der Waals surface area contributed by atoms with Gasteiger partial charge in [0, 0.05) is 11.1 Å². The van der Waals surface area contributed by atoms with Crippen LogP contribution in [-0.4, -0.2) is 28.1 Å². The number of amides is 2. The first-order valence-electron chi connectivity index (χ1n) is 5.21. The normalized spacial score (nSPS) is 11.9. The smallest absolute Gasteiger partial charge is 0.326 e. The lowest BCUT2D eigenvalue weighted by atomic mass is 10.2. The summed E-state index contributed by atoms with van der Waals surface area (Å²) in [5.74, 6) is -1.03.